The first kappa shape index (κ1) is 39.2. The molecule has 0 unspecified atom stereocenters. The number of nitrogens with zero attached hydrogens (tertiary/aromatic N) is 2. The lowest BCUT2D eigenvalue weighted by Gasteiger charge is -2.35. The van der Waals surface area contributed by atoms with Crippen molar-refractivity contribution < 1.29 is 0 Å². The highest BCUT2D eigenvalue weighted by Crippen LogP contribution is 2.64. The third-order valence-corrected chi connectivity index (χ3v) is 14.8. The van der Waals surface area contributed by atoms with Gasteiger partial charge in [-0.1, -0.05) is 218 Å². The van der Waals surface area contributed by atoms with Crippen molar-refractivity contribution in [1.29, 1.82) is 0 Å². The highest BCUT2D eigenvalue weighted by Gasteiger charge is 2.50. The van der Waals surface area contributed by atoms with E-state index in [-0.39, 0.29) is 0 Å². The highest BCUT2D eigenvalue weighted by atomic mass is 15.1. The molecule has 2 heterocycles. The topological polar surface area (TPSA) is 8.17 Å². The second-order valence-electron chi connectivity index (χ2n) is 18.4. The Hall–Kier alpha value is -8.98. The summed E-state index contributed by atoms with van der Waals surface area (Å²) >= 11 is 0. The van der Waals surface area contributed by atoms with Gasteiger partial charge in [0.25, 0.3) is 0 Å². The molecule has 0 saturated carbocycles. The van der Waals surface area contributed by atoms with Gasteiger partial charge in [0.1, 0.15) is 0 Å². The van der Waals surface area contributed by atoms with Gasteiger partial charge in [0.2, 0.25) is 0 Å². The second kappa shape index (κ2) is 15.6. The molecule has 0 amide bonds. The van der Waals surface area contributed by atoms with Gasteiger partial charge >= 0.3 is 0 Å². The van der Waals surface area contributed by atoms with Crippen LogP contribution in [0.3, 0.4) is 0 Å². The number of para-hydroxylation sites is 3. The van der Waals surface area contributed by atoms with Crippen molar-refractivity contribution in [3.05, 3.63) is 289 Å². The first-order valence-electron chi connectivity index (χ1n) is 23.9. The first-order chi connectivity index (χ1) is 34.3. The molecule has 1 aliphatic carbocycles. The molecule has 322 valence electrons. The summed E-state index contributed by atoms with van der Waals surface area (Å²) in [6.07, 6.45) is 0. The molecule has 2 aliphatic rings. The van der Waals surface area contributed by atoms with Crippen LogP contribution in [0.15, 0.2) is 267 Å². The minimum absolute atomic E-state index is 0.605. The van der Waals surface area contributed by atoms with Gasteiger partial charge < -0.3 is 9.47 Å². The summed E-state index contributed by atoms with van der Waals surface area (Å²) in [5, 5.41) is 2.55. The summed E-state index contributed by atoms with van der Waals surface area (Å²) in [6.45, 7) is 0. The average molecular weight is 877 g/mol. The van der Waals surface area contributed by atoms with Crippen LogP contribution in [0.1, 0.15) is 22.3 Å². The summed E-state index contributed by atoms with van der Waals surface area (Å²) in [7, 11) is 0. The molecule has 2 heteroatoms. The van der Waals surface area contributed by atoms with Crippen molar-refractivity contribution in [2.24, 2.45) is 0 Å². The van der Waals surface area contributed by atoms with E-state index in [1.54, 1.807) is 0 Å². The van der Waals surface area contributed by atoms with E-state index in [9.17, 15) is 0 Å². The maximum Gasteiger partial charge on any atom is 0.0720 e. The Morgan fingerprint density at radius 1 is 0.319 bits per heavy atom. The Labute approximate surface area is 402 Å². The molecule has 0 fully saturated rings. The van der Waals surface area contributed by atoms with E-state index in [1.807, 2.05) is 0 Å². The van der Waals surface area contributed by atoms with Crippen LogP contribution < -0.4 is 4.90 Å². The number of hydrogen-bond donors (Lipinski definition) is 0. The molecule has 0 saturated heterocycles. The third-order valence-electron chi connectivity index (χ3n) is 14.8. The molecule has 1 aliphatic heterocycles. The number of hydrogen-bond acceptors (Lipinski definition) is 1. The van der Waals surface area contributed by atoms with E-state index in [4.69, 9.17) is 0 Å². The van der Waals surface area contributed by atoms with Crippen LogP contribution in [0.2, 0.25) is 0 Å². The fraction of sp³-hybridized carbons (Fsp3) is 0.0149. The van der Waals surface area contributed by atoms with Crippen LogP contribution in [0.5, 0.6) is 0 Å². The Morgan fingerprint density at radius 3 is 1.52 bits per heavy atom. The number of anilines is 3. The standard InChI is InChI=1S/C67H44N2/c1-5-19-45(20-6-1)48-21-17-29-53(43-48)68(52-27-11-4-12-28-52)54-30-18-22-49(44-54)46-35-37-47(38-36-46)55-39-40-58-56-31-13-15-33-61(56)69-62-34-16-14-32-57(62)59-41-42-60-64(66(59)69)63(58)65(55)67(60,50-23-7-2-8-24-50)51-25-9-3-10-26-51/h1-44H. The van der Waals surface area contributed by atoms with Crippen LogP contribution >= 0.6 is 0 Å². The van der Waals surface area contributed by atoms with Gasteiger partial charge in [-0.2, -0.15) is 0 Å². The first-order valence-corrected chi connectivity index (χ1v) is 23.9. The monoisotopic (exact) mass is 876 g/mol. The molecule has 14 rings (SSSR count). The van der Waals surface area contributed by atoms with E-state index in [0.29, 0.717) is 0 Å². The fourth-order valence-electron chi connectivity index (χ4n) is 11.9. The van der Waals surface area contributed by atoms with Gasteiger partial charge in [0.05, 0.1) is 22.1 Å². The highest BCUT2D eigenvalue weighted by molar-refractivity contribution is 6.20. The molecule has 12 aromatic rings. The van der Waals surface area contributed by atoms with Crippen molar-refractivity contribution >= 4 is 38.9 Å². The van der Waals surface area contributed by atoms with E-state index in [2.05, 4.69) is 276 Å². The number of rotatable bonds is 8. The molecule has 0 spiro atoms. The van der Waals surface area contributed by atoms with Crippen molar-refractivity contribution in [2.45, 2.75) is 5.41 Å². The smallest absolute Gasteiger partial charge is 0.0720 e. The minimum Gasteiger partial charge on any atom is -0.310 e. The van der Waals surface area contributed by atoms with Crippen LogP contribution in [0.25, 0.3) is 83.1 Å². The fourth-order valence-corrected chi connectivity index (χ4v) is 11.9. The van der Waals surface area contributed by atoms with Crippen molar-refractivity contribution in [2.75, 3.05) is 4.90 Å². The van der Waals surface area contributed by atoms with Crippen molar-refractivity contribution in [3.8, 4) is 61.3 Å². The van der Waals surface area contributed by atoms with Gasteiger partial charge in [-0.15, -0.1) is 0 Å². The summed E-state index contributed by atoms with van der Waals surface area (Å²) in [4.78, 5) is 2.36. The molecule has 1 aromatic heterocycles. The zero-order valence-electron chi connectivity index (χ0n) is 37.8. The summed E-state index contributed by atoms with van der Waals surface area (Å²) in [5.41, 5.74) is 23.9. The third kappa shape index (κ3) is 5.86. The van der Waals surface area contributed by atoms with Crippen LogP contribution in [0, 0.1) is 0 Å². The predicted octanol–water partition coefficient (Wildman–Crippen LogP) is 17.6. The Balaban J connectivity index is 0.975. The lowest BCUT2D eigenvalue weighted by molar-refractivity contribution is 0.771. The molecule has 69 heavy (non-hydrogen) atoms. The Morgan fingerprint density at radius 2 is 0.841 bits per heavy atom. The van der Waals surface area contributed by atoms with Crippen molar-refractivity contribution in [1.82, 2.24) is 4.57 Å². The minimum atomic E-state index is -0.605. The predicted molar refractivity (Wildman–Crippen MR) is 288 cm³/mol. The molecule has 2 nitrogen and oxygen atoms in total. The lowest BCUT2D eigenvalue weighted by atomic mass is 9.65. The molecular weight excluding hydrogens is 833 g/mol. The van der Waals surface area contributed by atoms with E-state index < -0.39 is 5.41 Å². The Bertz CT molecular complexity index is 3890. The van der Waals surface area contributed by atoms with Gasteiger partial charge in [-0.25, -0.2) is 0 Å². The molecule has 0 radical (unpaired) electrons. The molecule has 0 atom stereocenters. The van der Waals surface area contributed by atoms with Gasteiger partial charge in [0, 0.05) is 39.0 Å². The number of aromatic nitrogens is 1. The largest absolute Gasteiger partial charge is 0.310 e. The van der Waals surface area contributed by atoms with E-state index in [1.165, 1.54) is 99.8 Å². The van der Waals surface area contributed by atoms with Gasteiger partial charge in [0.15, 0.2) is 0 Å². The van der Waals surface area contributed by atoms with E-state index >= 15 is 0 Å². The lowest BCUT2D eigenvalue weighted by Crippen LogP contribution is -2.29. The number of fused-ring (bicyclic) bond motifs is 6. The molecular formula is C67H44N2. The molecule has 0 N–H and O–H groups in total. The quantitative estimate of drug-likeness (QED) is 0.148. The van der Waals surface area contributed by atoms with Crippen molar-refractivity contribution in [3.63, 3.8) is 0 Å². The molecule has 11 aromatic carbocycles. The normalized spacial score (nSPS) is 12.8. The number of benzene rings is 11. The average Bonchev–Trinajstić information content (AvgIpc) is 3.89. The summed E-state index contributed by atoms with van der Waals surface area (Å²) < 4.78 is 2.55. The van der Waals surface area contributed by atoms with Gasteiger partial charge in [-0.3, -0.25) is 0 Å². The maximum atomic E-state index is 2.55. The van der Waals surface area contributed by atoms with E-state index in [0.717, 1.165) is 22.6 Å². The maximum absolute atomic E-state index is 2.55. The SMILES string of the molecule is c1ccc(-c2cccc(N(c3ccccc3)c3cccc(-c4ccc(-c5ccc6c7c5C(c5ccccc5)(c5ccccc5)c5ccc8c9ccccc9n(c8c5-7)-c5ccccc5-6)cc4)c3)c2)cc1. The Kier molecular flexibility index (Phi) is 8.84. The van der Waals surface area contributed by atoms with Crippen LogP contribution in [-0.4, -0.2) is 4.57 Å². The molecule has 0 bridgehead atoms. The summed E-state index contributed by atoms with van der Waals surface area (Å²) in [5.74, 6) is 0. The second-order valence-corrected chi connectivity index (χ2v) is 18.4. The van der Waals surface area contributed by atoms with Crippen LogP contribution in [-0.2, 0) is 5.41 Å². The zero-order valence-corrected chi connectivity index (χ0v) is 37.8. The zero-order chi connectivity index (χ0) is 45.5. The van der Waals surface area contributed by atoms with Gasteiger partial charge in [-0.05, 0) is 115 Å². The summed E-state index contributed by atoms with van der Waals surface area (Å²) in [6, 6.07) is 98.5. The van der Waals surface area contributed by atoms with Crippen LogP contribution in [0.4, 0.5) is 17.1 Å².